The fourth-order valence-electron chi connectivity index (χ4n) is 1.97. The van der Waals surface area contributed by atoms with Crippen LogP contribution in [0.15, 0.2) is 30.3 Å². The Morgan fingerprint density at radius 2 is 1.95 bits per heavy atom. The smallest absolute Gasteiger partial charge is 0.245 e. The summed E-state index contributed by atoms with van der Waals surface area (Å²) in [6.45, 7) is 3.76. The Morgan fingerprint density at radius 3 is 2.47 bits per heavy atom. The average molecular weight is 258 g/mol. The Balaban J connectivity index is 2.18. The van der Waals surface area contributed by atoms with Crippen LogP contribution in [-0.4, -0.2) is 15.7 Å². The molecule has 2 rings (SSSR count). The maximum Gasteiger partial charge on any atom is 0.245 e. The molecular formula is C14H18N4O. The number of hydrogen-bond acceptors (Lipinski definition) is 3. The highest BCUT2D eigenvalue weighted by Crippen LogP contribution is 2.20. The third-order valence-electron chi connectivity index (χ3n) is 3.20. The zero-order valence-corrected chi connectivity index (χ0v) is 11.3. The lowest BCUT2D eigenvalue weighted by molar-refractivity contribution is -0.117. The van der Waals surface area contributed by atoms with E-state index in [1.807, 2.05) is 51.2 Å². The summed E-state index contributed by atoms with van der Waals surface area (Å²) in [5.41, 5.74) is 9.17. The zero-order chi connectivity index (χ0) is 14.0. The first-order valence-corrected chi connectivity index (χ1v) is 6.12. The molecule has 0 aliphatic heterocycles. The number of nitrogens with one attached hydrogen (secondary N) is 1. The molecule has 1 amide bonds. The molecule has 19 heavy (non-hydrogen) atoms. The van der Waals surface area contributed by atoms with Crippen LogP contribution in [0.1, 0.15) is 23.0 Å². The number of amides is 1. The number of carbonyl (C=O) groups is 1. The summed E-state index contributed by atoms with van der Waals surface area (Å²) < 4.78 is 1.74. The van der Waals surface area contributed by atoms with Crippen molar-refractivity contribution in [3.05, 3.63) is 47.3 Å². The molecule has 2 aromatic rings. The summed E-state index contributed by atoms with van der Waals surface area (Å²) >= 11 is 0. The summed E-state index contributed by atoms with van der Waals surface area (Å²) in [6, 6.07) is 8.62. The van der Waals surface area contributed by atoms with E-state index >= 15 is 0 Å². The quantitative estimate of drug-likeness (QED) is 0.879. The summed E-state index contributed by atoms with van der Waals surface area (Å²) in [5, 5.41) is 7.11. The van der Waals surface area contributed by atoms with E-state index in [4.69, 9.17) is 5.73 Å². The van der Waals surface area contributed by atoms with Crippen LogP contribution >= 0.6 is 0 Å². The molecule has 0 saturated carbocycles. The van der Waals surface area contributed by atoms with Gasteiger partial charge in [0.2, 0.25) is 5.91 Å². The predicted octanol–water partition coefficient (Wildman–Crippen LogP) is 1.68. The molecule has 5 nitrogen and oxygen atoms in total. The van der Waals surface area contributed by atoms with Crippen LogP contribution in [0.5, 0.6) is 0 Å². The van der Waals surface area contributed by atoms with E-state index in [0.717, 1.165) is 22.6 Å². The van der Waals surface area contributed by atoms with Gasteiger partial charge in [-0.15, -0.1) is 0 Å². The monoisotopic (exact) mass is 258 g/mol. The molecule has 0 aliphatic rings. The number of aryl methyl sites for hydroxylation is 2. The van der Waals surface area contributed by atoms with E-state index in [0.29, 0.717) is 0 Å². The van der Waals surface area contributed by atoms with Crippen LogP contribution in [0.4, 0.5) is 5.69 Å². The molecule has 0 fully saturated rings. The number of nitrogens with zero attached hydrogens (tertiary/aromatic N) is 2. The van der Waals surface area contributed by atoms with E-state index in [1.165, 1.54) is 0 Å². The van der Waals surface area contributed by atoms with Crippen LogP contribution in [0, 0.1) is 13.8 Å². The van der Waals surface area contributed by atoms with Crippen molar-refractivity contribution in [2.24, 2.45) is 12.8 Å². The Kier molecular flexibility index (Phi) is 3.66. The topological polar surface area (TPSA) is 72.9 Å². The van der Waals surface area contributed by atoms with Crippen LogP contribution in [-0.2, 0) is 11.8 Å². The fourth-order valence-corrected chi connectivity index (χ4v) is 1.97. The van der Waals surface area contributed by atoms with E-state index in [2.05, 4.69) is 10.4 Å². The Hall–Kier alpha value is -2.14. The molecule has 0 unspecified atom stereocenters. The van der Waals surface area contributed by atoms with Gasteiger partial charge in [0.1, 0.15) is 6.04 Å². The van der Waals surface area contributed by atoms with Crippen molar-refractivity contribution < 1.29 is 4.79 Å². The highest BCUT2D eigenvalue weighted by molar-refractivity contribution is 5.96. The van der Waals surface area contributed by atoms with Crippen LogP contribution in [0.2, 0.25) is 0 Å². The molecule has 0 saturated heterocycles. The standard InChI is InChI=1S/C14H18N4O/c1-9-13(10(2)18(3)17-9)16-14(19)12(15)11-7-5-4-6-8-11/h4-8,12H,15H2,1-3H3,(H,16,19)/t12-/m0/s1. The number of benzene rings is 1. The molecule has 0 aliphatic carbocycles. The average Bonchev–Trinajstić information content (AvgIpc) is 2.65. The molecule has 0 radical (unpaired) electrons. The van der Waals surface area contributed by atoms with Gasteiger partial charge in [0.15, 0.2) is 0 Å². The molecule has 0 bridgehead atoms. The van der Waals surface area contributed by atoms with Crippen LogP contribution in [0.25, 0.3) is 0 Å². The molecule has 3 N–H and O–H groups in total. The van der Waals surface area contributed by atoms with Crippen LogP contribution in [0.3, 0.4) is 0 Å². The van der Waals surface area contributed by atoms with E-state index in [1.54, 1.807) is 4.68 Å². The summed E-state index contributed by atoms with van der Waals surface area (Å²) in [7, 11) is 1.84. The number of nitrogens with two attached hydrogens (primary N) is 1. The molecule has 1 heterocycles. The molecule has 1 atom stereocenters. The van der Waals surface area contributed by atoms with Crippen molar-refractivity contribution in [3.8, 4) is 0 Å². The van der Waals surface area contributed by atoms with Crippen molar-refractivity contribution in [2.45, 2.75) is 19.9 Å². The van der Waals surface area contributed by atoms with Gasteiger partial charge < -0.3 is 11.1 Å². The first-order chi connectivity index (χ1) is 9.00. The minimum absolute atomic E-state index is 0.231. The molecule has 100 valence electrons. The minimum Gasteiger partial charge on any atom is -0.321 e. The van der Waals surface area contributed by atoms with Gasteiger partial charge >= 0.3 is 0 Å². The summed E-state index contributed by atoms with van der Waals surface area (Å²) in [4.78, 5) is 12.2. The SMILES string of the molecule is Cc1nn(C)c(C)c1NC(=O)[C@@H](N)c1ccccc1. The van der Waals surface area contributed by atoms with Gasteiger partial charge in [-0.25, -0.2) is 0 Å². The Morgan fingerprint density at radius 1 is 1.32 bits per heavy atom. The predicted molar refractivity (Wildman–Crippen MR) is 74.7 cm³/mol. The van der Waals surface area contributed by atoms with Crippen molar-refractivity contribution in [2.75, 3.05) is 5.32 Å². The fraction of sp³-hybridized carbons (Fsp3) is 0.286. The highest BCUT2D eigenvalue weighted by Gasteiger charge is 2.18. The van der Waals surface area contributed by atoms with Crippen molar-refractivity contribution in [3.63, 3.8) is 0 Å². The highest BCUT2D eigenvalue weighted by atomic mass is 16.2. The van der Waals surface area contributed by atoms with Crippen molar-refractivity contribution in [1.82, 2.24) is 9.78 Å². The Bertz CT molecular complexity index is 589. The summed E-state index contributed by atoms with van der Waals surface area (Å²) in [6.07, 6.45) is 0. The molecule has 1 aromatic carbocycles. The number of anilines is 1. The molecular weight excluding hydrogens is 240 g/mol. The Labute approximate surface area is 112 Å². The number of carbonyl (C=O) groups excluding carboxylic acids is 1. The molecule has 1 aromatic heterocycles. The van der Waals surface area contributed by atoms with Gasteiger partial charge in [-0.05, 0) is 19.4 Å². The van der Waals surface area contributed by atoms with Gasteiger partial charge in [0.05, 0.1) is 17.1 Å². The van der Waals surface area contributed by atoms with E-state index < -0.39 is 6.04 Å². The first-order valence-electron chi connectivity index (χ1n) is 6.12. The maximum absolute atomic E-state index is 12.2. The van der Waals surface area contributed by atoms with E-state index in [-0.39, 0.29) is 5.91 Å². The zero-order valence-electron chi connectivity index (χ0n) is 11.3. The third-order valence-corrected chi connectivity index (χ3v) is 3.20. The number of hydrogen-bond donors (Lipinski definition) is 2. The van der Waals surface area contributed by atoms with Crippen LogP contribution < -0.4 is 11.1 Å². The lowest BCUT2D eigenvalue weighted by Crippen LogP contribution is -2.28. The van der Waals surface area contributed by atoms with Crippen molar-refractivity contribution >= 4 is 11.6 Å². The number of aromatic nitrogens is 2. The van der Waals surface area contributed by atoms with Gasteiger partial charge in [0.25, 0.3) is 0 Å². The second-order valence-electron chi connectivity index (χ2n) is 4.55. The van der Waals surface area contributed by atoms with Gasteiger partial charge in [-0.3, -0.25) is 9.48 Å². The maximum atomic E-state index is 12.2. The van der Waals surface area contributed by atoms with Gasteiger partial charge in [0, 0.05) is 7.05 Å². The lowest BCUT2D eigenvalue weighted by atomic mass is 10.1. The van der Waals surface area contributed by atoms with Gasteiger partial charge in [-0.1, -0.05) is 30.3 Å². The van der Waals surface area contributed by atoms with Gasteiger partial charge in [-0.2, -0.15) is 5.10 Å². The largest absolute Gasteiger partial charge is 0.321 e. The lowest BCUT2D eigenvalue weighted by Gasteiger charge is -2.12. The third kappa shape index (κ3) is 2.66. The molecule has 0 spiro atoms. The second kappa shape index (κ2) is 5.24. The van der Waals surface area contributed by atoms with E-state index in [9.17, 15) is 4.79 Å². The second-order valence-corrected chi connectivity index (χ2v) is 4.55. The normalized spacial score (nSPS) is 12.2. The summed E-state index contributed by atoms with van der Waals surface area (Å²) in [5.74, 6) is -0.231. The number of rotatable bonds is 3. The van der Waals surface area contributed by atoms with Crippen molar-refractivity contribution in [1.29, 1.82) is 0 Å². The minimum atomic E-state index is -0.680. The molecule has 5 heteroatoms. The first kappa shape index (κ1) is 13.3.